The van der Waals surface area contributed by atoms with Crippen molar-refractivity contribution in [2.75, 3.05) is 6.61 Å². The van der Waals surface area contributed by atoms with E-state index in [1.165, 1.54) is 18.2 Å². The summed E-state index contributed by atoms with van der Waals surface area (Å²) in [5.41, 5.74) is 0.434. The number of benzene rings is 1. The first-order valence-corrected chi connectivity index (χ1v) is 5.23. The van der Waals surface area contributed by atoms with Crippen molar-refractivity contribution in [3.05, 3.63) is 40.6 Å². The fraction of sp³-hybridized carbons (Fsp3) is 0.273. The molecule has 1 rings (SSSR count). The smallest absolute Gasteiger partial charge is 0.125 e. The van der Waals surface area contributed by atoms with Crippen LogP contribution in [0.25, 0.3) is 0 Å². The van der Waals surface area contributed by atoms with Crippen molar-refractivity contribution in [3.63, 3.8) is 0 Å². The maximum atomic E-state index is 12.9. The molecule has 0 fully saturated rings. The molecular formula is C11H12BrFO2. The molecule has 4 heteroatoms. The molecule has 0 aliphatic carbocycles. The predicted octanol–water partition coefficient (Wildman–Crippen LogP) is 3.17. The summed E-state index contributed by atoms with van der Waals surface area (Å²) in [6.45, 7) is 5.46. The third-order valence-corrected chi connectivity index (χ3v) is 2.04. The summed E-state index contributed by atoms with van der Waals surface area (Å²) in [7, 11) is 0. The second-order valence-corrected chi connectivity index (χ2v) is 4.29. The van der Waals surface area contributed by atoms with Gasteiger partial charge in [0.05, 0.1) is 6.10 Å². The molecule has 0 radical (unpaired) electrons. The van der Waals surface area contributed by atoms with Gasteiger partial charge in [-0.3, -0.25) is 0 Å². The third-order valence-electron chi connectivity index (χ3n) is 1.81. The van der Waals surface area contributed by atoms with E-state index in [1.54, 1.807) is 6.92 Å². The van der Waals surface area contributed by atoms with Gasteiger partial charge in [0.1, 0.15) is 18.2 Å². The summed E-state index contributed by atoms with van der Waals surface area (Å²) < 4.78 is 18.9. The van der Waals surface area contributed by atoms with Crippen molar-refractivity contribution in [2.45, 2.75) is 13.0 Å². The largest absolute Gasteiger partial charge is 0.488 e. The molecule has 0 aromatic heterocycles. The molecule has 1 N–H and O–H groups in total. The average molecular weight is 275 g/mol. The van der Waals surface area contributed by atoms with Gasteiger partial charge in [-0.2, -0.15) is 0 Å². The zero-order chi connectivity index (χ0) is 11.4. The van der Waals surface area contributed by atoms with Crippen LogP contribution in [-0.4, -0.2) is 11.7 Å². The number of halogens is 2. The van der Waals surface area contributed by atoms with Gasteiger partial charge in [-0.15, -0.1) is 0 Å². The molecule has 1 unspecified atom stereocenters. The normalized spacial score (nSPS) is 12.3. The number of hydrogen-bond acceptors (Lipinski definition) is 2. The number of rotatable bonds is 4. The van der Waals surface area contributed by atoms with Crippen molar-refractivity contribution in [1.29, 1.82) is 0 Å². The first kappa shape index (κ1) is 12.2. The Hall–Kier alpha value is -0.870. The van der Waals surface area contributed by atoms with Gasteiger partial charge in [-0.05, 0) is 25.1 Å². The van der Waals surface area contributed by atoms with Gasteiger partial charge >= 0.3 is 0 Å². The minimum Gasteiger partial charge on any atom is -0.488 e. The Balaban J connectivity index is 2.90. The lowest BCUT2D eigenvalue weighted by atomic mass is 10.1. The van der Waals surface area contributed by atoms with E-state index in [1.807, 2.05) is 0 Å². The van der Waals surface area contributed by atoms with Crippen molar-refractivity contribution in [3.8, 4) is 5.75 Å². The Morgan fingerprint density at radius 2 is 2.33 bits per heavy atom. The second kappa shape index (κ2) is 5.28. The fourth-order valence-corrected chi connectivity index (χ4v) is 1.25. The van der Waals surface area contributed by atoms with Crippen LogP contribution in [0.3, 0.4) is 0 Å². The number of aliphatic hydroxyl groups excluding tert-OH is 1. The fourth-order valence-electron chi connectivity index (χ4n) is 1.13. The lowest BCUT2D eigenvalue weighted by Crippen LogP contribution is -2.02. The molecule has 0 aliphatic rings. The monoisotopic (exact) mass is 274 g/mol. The molecule has 0 bridgehead atoms. The molecule has 1 aromatic carbocycles. The standard InChI is InChI=1S/C11H12BrFO2/c1-7(12)6-15-11-4-3-9(13)5-10(11)8(2)14/h3-5,8,14H,1,6H2,2H3. The van der Waals surface area contributed by atoms with Crippen LogP contribution in [0.15, 0.2) is 29.3 Å². The second-order valence-electron chi connectivity index (χ2n) is 3.16. The summed E-state index contributed by atoms with van der Waals surface area (Å²) in [6, 6.07) is 4.04. The summed E-state index contributed by atoms with van der Waals surface area (Å²) in [6.07, 6.45) is -0.765. The van der Waals surface area contributed by atoms with Crippen molar-refractivity contribution >= 4 is 15.9 Å². The summed E-state index contributed by atoms with van der Waals surface area (Å²) in [5.74, 6) is 0.0721. The maximum absolute atomic E-state index is 12.9. The molecule has 0 spiro atoms. The van der Waals surface area contributed by atoms with Crippen LogP contribution in [0.1, 0.15) is 18.6 Å². The van der Waals surface area contributed by atoms with E-state index in [-0.39, 0.29) is 6.61 Å². The van der Waals surface area contributed by atoms with Crippen LogP contribution < -0.4 is 4.74 Å². The number of ether oxygens (including phenoxy) is 1. The molecule has 82 valence electrons. The van der Waals surface area contributed by atoms with Crippen molar-refractivity contribution < 1.29 is 14.2 Å². The molecule has 0 heterocycles. The van der Waals surface area contributed by atoms with Gasteiger partial charge in [0, 0.05) is 10.0 Å². The van der Waals surface area contributed by atoms with Gasteiger partial charge in [0.2, 0.25) is 0 Å². The van der Waals surface area contributed by atoms with Crippen LogP contribution in [0, 0.1) is 5.82 Å². The van der Waals surface area contributed by atoms with Crippen LogP contribution in [0.4, 0.5) is 4.39 Å². The van der Waals surface area contributed by atoms with Gasteiger partial charge in [0.25, 0.3) is 0 Å². The average Bonchev–Trinajstić information content (AvgIpc) is 2.15. The van der Waals surface area contributed by atoms with Gasteiger partial charge < -0.3 is 9.84 Å². The first-order valence-electron chi connectivity index (χ1n) is 4.44. The zero-order valence-corrected chi connectivity index (χ0v) is 9.92. The van der Waals surface area contributed by atoms with E-state index in [0.717, 1.165) is 0 Å². The highest BCUT2D eigenvalue weighted by molar-refractivity contribution is 9.11. The van der Waals surface area contributed by atoms with Crippen LogP contribution in [0.2, 0.25) is 0 Å². The highest BCUT2D eigenvalue weighted by Gasteiger charge is 2.10. The van der Waals surface area contributed by atoms with Crippen molar-refractivity contribution in [2.24, 2.45) is 0 Å². The Morgan fingerprint density at radius 1 is 1.67 bits per heavy atom. The Labute approximate surface area is 96.5 Å². The zero-order valence-electron chi connectivity index (χ0n) is 8.34. The van der Waals surface area contributed by atoms with E-state index in [0.29, 0.717) is 15.8 Å². The van der Waals surface area contributed by atoms with Gasteiger partial charge in [-0.25, -0.2) is 4.39 Å². The minimum absolute atomic E-state index is 0.283. The Morgan fingerprint density at radius 3 is 2.87 bits per heavy atom. The predicted molar refractivity (Wildman–Crippen MR) is 60.6 cm³/mol. The number of hydrogen-bond donors (Lipinski definition) is 1. The molecular weight excluding hydrogens is 263 g/mol. The van der Waals surface area contributed by atoms with E-state index in [9.17, 15) is 9.50 Å². The molecule has 1 atom stereocenters. The number of aliphatic hydroxyl groups is 1. The third kappa shape index (κ3) is 3.64. The molecule has 0 saturated carbocycles. The van der Waals surface area contributed by atoms with Crippen molar-refractivity contribution in [1.82, 2.24) is 0 Å². The maximum Gasteiger partial charge on any atom is 0.125 e. The first-order chi connectivity index (χ1) is 7.00. The van der Waals surface area contributed by atoms with Crippen LogP contribution >= 0.6 is 15.9 Å². The van der Waals surface area contributed by atoms with E-state index in [2.05, 4.69) is 22.5 Å². The molecule has 1 aromatic rings. The summed E-state index contributed by atoms with van der Waals surface area (Å²) in [4.78, 5) is 0. The summed E-state index contributed by atoms with van der Waals surface area (Å²) >= 11 is 3.15. The quantitative estimate of drug-likeness (QED) is 0.914. The lowest BCUT2D eigenvalue weighted by molar-refractivity contribution is 0.192. The molecule has 0 saturated heterocycles. The Kier molecular flexibility index (Phi) is 4.29. The highest BCUT2D eigenvalue weighted by Crippen LogP contribution is 2.26. The molecule has 15 heavy (non-hydrogen) atoms. The van der Waals surface area contributed by atoms with Crippen LogP contribution in [-0.2, 0) is 0 Å². The SMILES string of the molecule is C=C(Br)COc1ccc(F)cc1C(C)O. The topological polar surface area (TPSA) is 29.5 Å². The van der Waals surface area contributed by atoms with E-state index in [4.69, 9.17) is 4.74 Å². The molecule has 0 amide bonds. The van der Waals surface area contributed by atoms with E-state index < -0.39 is 11.9 Å². The minimum atomic E-state index is -0.765. The summed E-state index contributed by atoms with van der Waals surface area (Å²) in [5, 5.41) is 9.41. The highest BCUT2D eigenvalue weighted by atomic mass is 79.9. The molecule has 0 aliphatic heterocycles. The molecule has 2 nitrogen and oxygen atoms in total. The van der Waals surface area contributed by atoms with Gasteiger partial charge in [-0.1, -0.05) is 22.5 Å². The van der Waals surface area contributed by atoms with Crippen LogP contribution in [0.5, 0.6) is 5.75 Å². The lowest BCUT2D eigenvalue weighted by Gasteiger charge is -2.12. The van der Waals surface area contributed by atoms with E-state index >= 15 is 0 Å². The van der Waals surface area contributed by atoms with Gasteiger partial charge in [0.15, 0.2) is 0 Å². The Bertz CT molecular complexity index is 364.